The van der Waals surface area contributed by atoms with Gasteiger partial charge in [-0.3, -0.25) is 38.4 Å². The molecule has 8 amide bonds. The Hall–Kier alpha value is -7.52. The molecule has 506 valence electrons. The number of benzene rings is 3. The van der Waals surface area contributed by atoms with E-state index < -0.39 is 66.1 Å². The molecule has 4 aliphatic rings. The molecule has 3 aromatic carbocycles. The highest BCUT2D eigenvalue weighted by Gasteiger charge is 2.50. The molecule has 10 N–H and O–H groups in total. The van der Waals surface area contributed by atoms with Gasteiger partial charge in [-0.2, -0.15) is 0 Å². The molecule has 0 saturated carbocycles. The number of amides is 8. The van der Waals surface area contributed by atoms with E-state index in [-0.39, 0.29) is 53.5 Å². The number of rotatable bonds is 37. The Balaban J connectivity index is 0.878. The largest absolute Gasteiger partial charge is 0.354 e. The summed E-state index contributed by atoms with van der Waals surface area (Å²) in [5, 5.41) is 31.5. The average molecular weight is 1280 g/mol. The molecule has 0 spiro atoms. The number of likely N-dealkylation sites (N-methyl/N-ethyl adjacent to an activating group) is 2. The third-order valence-electron chi connectivity index (χ3n) is 19.2. The van der Waals surface area contributed by atoms with Crippen molar-refractivity contribution in [2.45, 2.75) is 210 Å². The van der Waals surface area contributed by atoms with Crippen molar-refractivity contribution < 1.29 is 38.4 Å². The first-order valence-corrected chi connectivity index (χ1v) is 34.5. The van der Waals surface area contributed by atoms with Gasteiger partial charge in [0, 0.05) is 38.3 Å². The molecule has 0 aliphatic carbocycles. The summed E-state index contributed by atoms with van der Waals surface area (Å²) in [6, 6.07) is 22.7. The Kier molecular flexibility index (Phi) is 30.3. The lowest BCUT2D eigenvalue weighted by molar-refractivity contribution is -0.144. The highest BCUT2D eigenvalue weighted by Crippen LogP contribution is 2.37. The minimum absolute atomic E-state index is 0.144. The number of hydrogen-bond acceptors (Lipinski definition) is 12. The molecule has 4 heterocycles. The molecule has 4 saturated heterocycles. The highest BCUT2D eigenvalue weighted by atomic mass is 16.2. The standard InChI is InChI=1S/C73H106N12O8/c1-7-10-18-27-50(4)62(80-68(88)60-40-38-56-36-34-54(42-46-76-48-51-28-19-15-20-29-51)64(72(92)84(56)60)82-66(86)58(8-2)74-5)70(90)78-44-25-13-11-12-14-26-45-79-71(91)63(53-32-23-17-24-33-53)81-69(89)61-41-39-57-37-35-55(43-47-77-49-52-30-21-16-22-31-52)65(73(93)85(57)61)83-67(87)59(9-3)75-6/h7,10,15-24,27-33,54-65,74-77H,4,8-9,11-14,25-26,34-49H2,1-3,5-6H3,(H,78,90)(H,79,91)(H,80,88)(H,81,89)(H,82,86)(H,83,87)/b10-7-,27-18-/t54-,55-,56+,57+,58+,59+,60+,61+,62+,63?,64+,65+/m1/s1. The molecule has 0 aromatic heterocycles. The first-order chi connectivity index (χ1) is 45.2. The van der Waals surface area contributed by atoms with Crippen LogP contribution in [0.25, 0.3) is 0 Å². The Morgan fingerprint density at radius 1 is 0.527 bits per heavy atom. The van der Waals surface area contributed by atoms with E-state index >= 15 is 0 Å². The SMILES string of the molecule is C=C(/C=C\C=C/C)[C@H](NC(=O)[C@@H]1CC[C@@H]2CC[C@H](CCNCc3ccccc3)[C@H](NC(=O)[C@H](CC)NC)C(=O)N21)C(=O)NCCCCCCCCNC(=O)C(NC(=O)[C@@H]1CC[C@@H]2CC[C@H](CCNCc3ccccc3)[C@H](NC(=O)[C@H](CC)NC)C(=O)N21)c1ccccc1. The molecule has 12 atom stereocenters. The van der Waals surface area contributed by atoms with E-state index in [1.54, 1.807) is 36.0 Å². The fourth-order valence-electron chi connectivity index (χ4n) is 13.9. The Morgan fingerprint density at radius 3 is 1.41 bits per heavy atom. The lowest BCUT2D eigenvalue weighted by Gasteiger charge is -2.33. The number of nitrogens with zero attached hydrogens (tertiary/aromatic N) is 2. The third-order valence-corrected chi connectivity index (χ3v) is 19.2. The quantitative estimate of drug-likeness (QED) is 0.0221. The van der Waals surface area contributed by atoms with Gasteiger partial charge in [0.05, 0.1) is 12.1 Å². The molecule has 20 heteroatoms. The summed E-state index contributed by atoms with van der Waals surface area (Å²) in [6.45, 7) is 13.3. The molecular formula is C73H106N12O8. The maximum Gasteiger partial charge on any atom is 0.247 e. The van der Waals surface area contributed by atoms with Crippen molar-refractivity contribution in [3.63, 3.8) is 0 Å². The number of fused-ring (bicyclic) bond motifs is 2. The zero-order valence-electron chi connectivity index (χ0n) is 55.7. The highest BCUT2D eigenvalue weighted by molar-refractivity contribution is 5.98. The number of carbonyl (C=O) groups excluding carboxylic acids is 8. The van der Waals surface area contributed by atoms with Crippen LogP contribution < -0.4 is 53.2 Å². The summed E-state index contributed by atoms with van der Waals surface area (Å²) in [5.74, 6) is -2.92. The lowest BCUT2D eigenvalue weighted by atomic mass is 9.90. The van der Waals surface area contributed by atoms with Gasteiger partial charge in [0.25, 0.3) is 0 Å². The molecule has 7 rings (SSSR count). The molecule has 4 aliphatic heterocycles. The molecule has 4 fully saturated rings. The van der Waals surface area contributed by atoms with Crippen LogP contribution in [0, 0.1) is 11.8 Å². The van der Waals surface area contributed by atoms with Gasteiger partial charge in [0.1, 0.15) is 36.3 Å². The zero-order valence-corrected chi connectivity index (χ0v) is 55.7. The van der Waals surface area contributed by atoms with Crippen LogP contribution in [0.2, 0.25) is 0 Å². The van der Waals surface area contributed by atoms with Crippen LogP contribution in [0.4, 0.5) is 0 Å². The summed E-state index contributed by atoms with van der Waals surface area (Å²) in [7, 11) is 3.46. The van der Waals surface area contributed by atoms with Gasteiger partial charge in [-0.1, -0.05) is 161 Å². The van der Waals surface area contributed by atoms with Crippen molar-refractivity contribution in [2.24, 2.45) is 11.8 Å². The van der Waals surface area contributed by atoms with Gasteiger partial charge in [-0.15, -0.1) is 0 Å². The zero-order chi connectivity index (χ0) is 66.5. The van der Waals surface area contributed by atoms with Gasteiger partial charge in [0.15, 0.2) is 0 Å². The lowest BCUT2D eigenvalue weighted by Crippen LogP contribution is -2.59. The second-order valence-electron chi connectivity index (χ2n) is 25.5. The fourth-order valence-corrected chi connectivity index (χ4v) is 13.9. The normalized spacial score (nSPS) is 22.6. The van der Waals surface area contributed by atoms with E-state index in [0.717, 1.165) is 36.8 Å². The predicted octanol–water partition coefficient (Wildman–Crippen LogP) is 6.45. The summed E-state index contributed by atoms with van der Waals surface area (Å²) < 4.78 is 0. The minimum Gasteiger partial charge on any atom is -0.354 e. The van der Waals surface area contributed by atoms with Crippen molar-refractivity contribution in [3.8, 4) is 0 Å². The monoisotopic (exact) mass is 1280 g/mol. The van der Waals surface area contributed by atoms with E-state index in [9.17, 15) is 38.4 Å². The van der Waals surface area contributed by atoms with Gasteiger partial charge < -0.3 is 63.0 Å². The second-order valence-corrected chi connectivity index (χ2v) is 25.5. The van der Waals surface area contributed by atoms with Gasteiger partial charge >= 0.3 is 0 Å². The number of nitrogens with one attached hydrogen (secondary N) is 10. The molecule has 93 heavy (non-hydrogen) atoms. The smallest absolute Gasteiger partial charge is 0.247 e. The van der Waals surface area contributed by atoms with Gasteiger partial charge in [-0.05, 0) is 158 Å². The van der Waals surface area contributed by atoms with Crippen LogP contribution in [0.5, 0.6) is 0 Å². The predicted molar refractivity (Wildman–Crippen MR) is 365 cm³/mol. The minimum atomic E-state index is -1.09. The van der Waals surface area contributed by atoms with Crippen LogP contribution >= 0.6 is 0 Å². The maximum atomic E-state index is 14.8. The van der Waals surface area contributed by atoms with Gasteiger partial charge in [-0.25, -0.2) is 0 Å². The average Bonchev–Trinajstić information content (AvgIpc) is 1.66. The van der Waals surface area contributed by atoms with Crippen molar-refractivity contribution in [1.29, 1.82) is 0 Å². The van der Waals surface area contributed by atoms with E-state index in [1.165, 1.54) is 0 Å². The van der Waals surface area contributed by atoms with E-state index in [0.29, 0.717) is 140 Å². The van der Waals surface area contributed by atoms with Crippen molar-refractivity contribution >= 4 is 47.3 Å². The first-order valence-electron chi connectivity index (χ1n) is 34.5. The number of allylic oxidation sites excluding steroid dienone is 3. The van der Waals surface area contributed by atoms with Crippen molar-refractivity contribution in [2.75, 3.05) is 40.3 Å². The summed E-state index contributed by atoms with van der Waals surface area (Å²) in [5.41, 5.74) is 3.33. The van der Waals surface area contributed by atoms with E-state index in [4.69, 9.17) is 0 Å². The van der Waals surface area contributed by atoms with E-state index in [1.807, 2.05) is 99.7 Å². The van der Waals surface area contributed by atoms with Gasteiger partial charge in [0.2, 0.25) is 47.3 Å². The van der Waals surface area contributed by atoms with E-state index in [2.05, 4.69) is 84.0 Å². The fraction of sp³-hybridized carbons (Fsp3) is 0.562. The molecular weight excluding hydrogens is 1170 g/mol. The van der Waals surface area contributed by atoms with Crippen molar-refractivity contribution in [3.05, 3.63) is 144 Å². The summed E-state index contributed by atoms with van der Waals surface area (Å²) >= 11 is 0. The second kappa shape index (κ2) is 38.6. The number of carbonyl (C=O) groups is 8. The molecule has 0 radical (unpaired) electrons. The van der Waals surface area contributed by atoms with Crippen LogP contribution in [0.15, 0.2) is 127 Å². The molecule has 1 unspecified atom stereocenters. The molecule has 0 bridgehead atoms. The van der Waals surface area contributed by atoms with Crippen LogP contribution in [-0.4, -0.2) is 152 Å². The first kappa shape index (κ1) is 72.9. The topological polar surface area (TPSA) is 263 Å². The Labute approximate surface area is 552 Å². The molecule has 3 aromatic rings. The molecule has 20 nitrogen and oxygen atoms in total. The maximum absolute atomic E-state index is 14.8. The Morgan fingerprint density at radius 2 is 0.957 bits per heavy atom. The van der Waals surface area contributed by atoms with Crippen molar-refractivity contribution in [1.82, 2.24) is 63.0 Å². The number of unbranched alkanes of at least 4 members (excludes halogenated alkanes) is 5. The summed E-state index contributed by atoms with van der Waals surface area (Å²) in [4.78, 5) is 117. The van der Waals surface area contributed by atoms with Crippen LogP contribution in [-0.2, 0) is 51.4 Å². The van der Waals surface area contributed by atoms with Crippen LogP contribution in [0.1, 0.15) is 159 Å². The number of hydrogen-bond donors (Lipinski definition) is 10. The Bertz CT molecular complexity index is 2940. The third kappa shape index (κ3) is 21.2. The van der Waals surface area contributed by atoms with Crippen LogP contribution in [0.3, 0.4) is 0 Å². The summed E-state index contributed by atoms with van der Waals surface area (Å²) in [6.07, 6.45) is 19.4.